The van der Waals surface area contributed by atoms with Gasteiger partial charge in [0.2, 0.25) is 15.9 Å². The number of rotatable bonds is 5. The van der Waals surface area contributed by atoms with E-state index in [0.717, 1.165) is 55.0 Å². The topological polar surface area (TPSA) is 60.9 Å². The molecule has 6 nitrogen and oxygen atoms in total. The van der Waals surface area contributed by atoms with Crippen molar-refractivity contribution in [2.24, 2.45) is 5.92 Å². The quantitative estimate of drug-likeness (QED) is 0.642. The lowest BCUT2D eigenvalue weighted by Gasteiger charge is -2.38. The van der Waals surface area contributed by atoms with Gasteiger partial charge in [0.05, 0.1) is 4.90 Å². The molecular formula is C25H35N3O3S2. The van der Waals surface area contributed by atoms with Crippen LogP contribution in [-0.4, -0.2) is 67.7 Å². The van der Waals surface area contributed by atoms with Crippen LogP contribution in [0.3, 0.4) is 0 Å². The van der Waals surface area contributed by atoms with E-state index in [1.54, 1.807) is 15.6 Å². The molecule has 2 aliphatic rings. The number of carbonyl (C=O) groups is 1. The first-order chi connectivity index (χ1) is 15.7. The van der Waals surface area contributed by atoms with E-state index in [9.17, 15) is 13.2 Å². The molecule has 3 heterocycles. The minimum Gasteiger partial charge on any atom is -0.340 e. The zero-order chi connectivity index (χ0) is 23.8. The number of hydrogen-bond donors (Lipinski definition) is 0. The van der Waals surface area contributed by atoms with Crippen LogP contribution in [-0.2, 0) is 21.4 Å². The normalized spacial score (nSPS) is 19.2. The Hall–Kier alpha value is -1.74. The smallest absolute Gasteiger partial charge is 0.243 e. The fourth-order valence-corrected chi connectivity index (χ4v) is 7.84. The van der Waals surface area contributed by atoms with Crippen molar-refractivity contribution in [3.8, 4) is 0 Å². The van der Waals surface area contributed by atoms with Gasteiger partial charge in [0.15, 0.2) is 0 Å². The number of piperazine rings is 1. The van der Waals surface area contributed by atoms with Crippen LogP contribution in [0.5, 0.6) is 0 Å². The third-order valence-corrected chi connectivity index (χ3v) is 10.4. The molecule has 8 heteroatoms. The maximum Gasteiger partial charge on any atom is 0.243 e. The first-order valence-corrected chi connectivity index (χ1v) is 14.1. The molecule has 0 spiro atoms. The van der Waals surface area contributed by atoms with E-state index < -0.39 is 10.0 Å². The molecular weight excluding hydrogens is 454 g/mol. The van der Waals surface area contributed by atoms with Crippen molar-refractivity contribution in [1.82, 2.24) is 14.1 Å². The van der Waals surface area contributed by atoms with Crippen molar-refractivity contribution in [2.45, 2.75) is 52.0 Å². The number of nitrogens with zero attached hydrogens (tertiary/aromatic N) is 3. The number of carbonyl (C=O) groups excluding carboxylic acids is 1. The van der Waals surface area contributed by atoms with Gasteiger partial charge in [-0.2, -0.15) is 4.31 Å². The van der Waals surface area contributed by atoms with Gasteiger partial charge >= 0.3 is 0 Å². The van der Waals surface area contributed by atoms with Crippen molar-refractivity contribution in [3.05, 3.63) is 50.7 Å². The molecule has 2 saturated heterocycles. The molecule has 0 saturated carbocycles. The van der Waals surface area contributed by atoms with Crippen LogP contribution in [0.15, 0.2) is 28.5 Å². The Labute approximate surface area is 202 Å². The van der Waals surface area contributed by atoms with E-state index in [2.05, 4.69) is 28.5 Å². The molecule has 2 aliphatic heterocycles. The standard InChI is InChI=1S/C25H35N3O3S2/c1-18-16-19(2)21(4)24(20(18)3)33(30,31)28-9-7-22(8-10-28)25(29)27-13-11-26(12-14-27)17-23-6-5-15-32-23/h5-6,15-16,22H,7-14,17H2,1-4H3. The summed E-state index contributed by atoms with van der Waals surface area (Å²) in [5.41, 5.74) is 3.66. The molecule has 1 amide bonds. The van der Waals surface area contributed by atoms with Gasteiger partial charge in [-0.3, -0.25) is 9.69 Å². The molecule has 0 bridgehead atoms. The molecule has 0 atom stereocenters. The molecule has 0 aliphatic carbocycles. The Morgan fingerprint density at radius 1 is 0.970 bits per heavy atom. The Morgan fingerprint density at radius 3 is 2.12 bits per heavy atom. The molecule has 33 heavy (non-hydrogen) atoms. The maximum absolute atomic E-state index is 13.5. The molecule has 0 unspecified atom stereocenters. The summed E-state index contributed by atoms with van der Waals surface area (Å²) >= 11 is 1.77. The molecule has 180 valence electrons. The van der Waals surface area contributed by atoms with Gasteiger partial charge in [-0.15, -0.1) is 11.3 Å². The minimum atomic E-state index is -3.57. The van der Waals surface area contributed by atoms with Gasteiger partial charge < -0.3 is 4.90 Å². The number of sulfonamides is 1. The number of thiophene rings is 1. The second-order valence-electron chi connectivity index (χ2n) is 9.45. The highest BCUT2D eigenvalue weighted by atomic mass is 32.2. The van der Waals surface area contributed by atoms with Gasteiger partial charge in [-0.1, -0.05) is 12.1 Å². The summed E-state index contributed by atoms with van der Waals surface area (Å²) in [4.78, 5) is 19.3. The van der Waals surface area contributed by atoms with Crippen molar-refractivity contribution < 1.29 is 13.2 Å². The first kappa shape index (κ1) is 24.4. The van der Waals surface area contributed by atoms with E-state index in [0.29, 0.717) is 30.8 Å². The highest BCUT2D eigenvalue weighted by Gasteiger charge is 2.36. The fraction of sp³-hybridized carbons (Fsp3) is 0.560. The van der Waals surface area contributed by atoms with Gasteiger partial charge in [0.1, 0.15) is 0 Å². The number of piperidine rings is 1. The van der Waals surface area contributed by atoms with Crippen molar-refractivity contribution in [3.63, 3.8) is 0 Å². The zero-order valence-corrected chi connectivity index (χ0v) is 21.8. The third kappa shape index (κ3) is 5.04. The number of amides is 1. The van der Waals surface area contributed by atoms with Gasteiger partial charge in [-0.05, 0) is 74.2 Å². The van der Waals surface area contributed by atoms with E-state index in [1.165, 1.54) is 4.88 Å². The Kier molecular flexibility index (Phi) is 7.29. The Balaban J connectivity index is 1.35. The van der Waals surface area contributed by atoms with E-state index in [1.807, 2.05) is 32.6 Å². The second-order valence-corrected chi connectivity index (χ2v) is 12.4. The minimum absolute atomic E-state index is 0.0817. The lowest BCUT2D eigenvalue weighted by atomic mass is 9.96. The van der Waals surface area contributed by atoms with E-state index in [-0.39, 0.29) is 11.8 Å². The van der Waals surface area contributed by atoms with Crippen LogP contribution in [0.4, 0.5) is 0 Å². The summed E-state index contributed by atoms with van der Waals surface area (Å²) in [6.45, 7) is 12.8. The number of aryl methyl sites for hydroxylation is 2. The van der Waals surface area contributed by atoms with Crippen LogP contribution in [0, 0.1) is 33.6 Å². The highest BCUT2D eigenvalue weighted by molar-refractivity contribution is 7.89. The first-order valence-electron chi connectivity index (χ1n) is 11.8. The molecule has 1 aromatic heterocycles. The van der Waals surface area contributed by atoms with Gasteiger partial charge in [-0.25, -0.2) is 8.42 Å². The number of hydrogen-bond acceptors (Lipinski definition) is 5. The summed E-state index contributed by atoms with van der Waals surface area (Å²) in [5.74, 6) is 0.114. The molecule has 4 rings (SSSR count). The Bertz CT molecular complexity index is 1070. The summed E-state index contributed by atoms with van der Waals surface area (Å²) in [5, 5.41) is 2.10. The average molecular weight is 490 g/mol. The predicted molar refractivity (Wildman–Crippen MR) is 133 cm³/mol. The SMILES string of the molecule is Cc1cc(C)c(C)c(S(=O)(=O)N2CCC(C(=O)N3CCN(Cc4cccs4)CC3)CC2)c1C. The highest BCUT2D eigenvalue weighted by Crippen LogP contribution is 2.31. The average Bonchev–Trinajstić information content (AvgIpc) is 3.31. The van der Waals surface area contributed by atoms with Crippen LogP contribution in [0.25, 0.3) is 0 Å². The van der Waals surface area contributed by atoms with Gasteiger partial charge in [0.25, 0.3) is 0 Å². The zero-order valence-electron chi connectivity index (χ0n) is 20.1. The third-order valence-electron chi connectivity index (χ3n) is 7.34. The summed E-state index contributed by atoms with van der Waals surface area (Å²) in [6, 6.07) is 6.29. The predicted octanol–water partition coefficient (Wildman–Crippen LogP) is 3.73. The van der Waals surface area contributed by atoms with Crippen LogP contribution in [0.1, 0.15) is 40.0 Å². The van der Waals surface area contributed by atoms with Crippen molar-refractivity contribution in [1.29, 1.82) is 0 Å². The lowest BCUT2D eigenvalue weighted by Crippen LogP contribution is -2.51. The Morgan fingerprint density at radius 2 is 1.58 bits per heavy atom. The van der Waals surface area contributed by atoms with Gasteiger partial charge in [0, 0.05) is 56.6 Å². The monoisotopic (exact) mass is 489 g/mol. The molecule has 2 aromatic rings. The van der Waals surface area contributed by atoms with Crippen LogP contribution >= 0.6 is 11.3 Å². The molecule has 2 fully saturated rings. The van der Waals surface area contributed by atoms with E-state index in [4.69, 9.17) is 0 Å². The maximum atomic E-state index is 13.5. The summed E-state index contributed by atoms with van der Waals surface area (Å²) in [6.07, 6.45) is 1.19. The lowest BCUT2D eigenvalue weighted by molar-refractivity contribution is -0.138. The largest absolute Gasteiger partial charge is 0.340 e. The summed E-state index contributed by atoms with van der Waals surface area (Å²) in [7, 11) is -3.57. The number of benzene rings is 1. The molecule has 1 aromatic carbocycles. The van der Waals surface area contributed by atoms with Crippen LogP contribution < -0.4 is 0 Å². The molecule has 0 N–H and O–H groups in total. The van der Waals surface area contributed by atoms with Crippen LogP contribution in [0.2, 0.25) is 0 Å². The second kappa shape index (κ2) is 9.86. The summed E-state index contributed by atoms with van der Waals surface area (Å²) < 4.78 is 28.6. The van der Waals surface area contributed by atoms with Crippen molar-refractivity contribution >= 4 is 27.3 Å². The fourth-order valence-electron chi connectivity index (χ4n) is 5.05. The van der Waals surface area contributed by atoms with Crippen molar-refractivity contribution in [2.75, 3.05) is 39.3 Å². The van der Waals surface area contributed by atoms with E-state index >= 15 is 0 Å². The molecule has 0 radical (unpaired) electrons.